The molecule has 92 valence electrons. The number of fused-ring (bicyclic) bond motifs is 1. The predicted octanol–water partition coefficient (Wildman–Crippen LogP) is 2.98. The van der Waals surface area contributed by atoms with Gasteiger partial charge in [-0.2, -0.15) is 5.10 Å². The highest BCUT2D eigenvalue weighted by Crippen LogP contribution is 2.35. The first-order valence-electron chi connectivity index (χ1n) is 5.62. The third-order valence-electron chi connectivity index (χ3n) is 3.27. The second kappa shape index (κ2) is 4.10. The third-order valence-corrected chi connectivity index (χ3v) is 3.50. The second-order valence-corrected chi connectivity index (χ2v) is 4.77. The highest BCUT2D eigenvalue weighted by molar-refractivity contribution is 6.30. The molecule has 18 heavy (non-hydrogen) atoms. The van der Waals surface area contributed by atoms with Crippen molar-refractivity contribution in [2.24, 2.45) is 0 Å². The van der Waals surface area contributed by atoms with Crippen molar-refractivity contribution < 1.29 is 4.92 Å². The zero-order valence-electron chi connectivity index (χ0n) is 9.41. The largest absolute Gasteiger partial charge is 0.307 e. The first-order valence-corrected chi connectivity index (χ1v) is 6.00. The molecule has 2 aromatic rings. The summed E-state index contributed by atoms with van der Waals surface area (Å²) in [5, 5.41) is 15.5. The Hall–Kier alpha value is -1.88. The number of hydrogen-bond acceptors (Lipinski definition) is 3. The molecule has 1 unspecified atom stereocenters. The van der Waals surface area contributed by atoms with Crippen molar-refractivity contribution in [2.75, 3.05) is 0 Å². The monoisotopic (exact) mass is 263 g/mol. The van der Waals surface area contributed by atoms with Crippen LogP contribution < -0.4 is 0 Å². The van der Waals surface area contributed by atoms with E-state index in [4.69, 9.17) is 11.6 Å². The fraction of sp³-hybridized carbons (Fsp3) is 0.250. The van der Waals surface area contributed by atoms with E-state index in [0.29, 0.717) is 0 Å². The van der Waals surface area contributed by atoms with Crippen LogP contribution in [0.2, 0.25) is 5.02 Å². The molecule has 0 N–H and O–H groups in total. The lowest BCUT2D eigenvalue weighted by molar-refractivity contribution is -0.385. The standard InChI is InChI=1S/C12H10ClN3O2/c13-9-2-3-11-8(5-9)1-4-12(11)15-7-10(6-14-15)16(17)18/h2-3,5-7,12H,1,4H2. The van der Waals surface area contributed by atoms with E-state index in [9.17, 15) is 10.1 Å². The normalized spacial score (nSPS) is 17.7. The molecule has 5 nitrogen and oxygen atoms in total. The van der Waals surface area contributed by atoms with E-state index >= 15 is 0 Å². The van der Waals surface area contributed by atoms with Gasteiger partial charge in [0.1, 0.15) is 12.4 Å². The molecule has 1 aromatic carbocycles. The van der Waals surface area contributed by atoms with Crippen LogP contribution in [0.4, 0.5) is 5.69 Å². The molecule has 0 aliphatic heterocycles. The first-order chi connectivity index (χ1) is 8.65. The molecule has 0 bridgehead atoms. The van der Waals surface area contributed by atoms with Gasteiger partial charge >= 0.3 is 5.69 Å². The molecule has 1 aliphatic rings. The summed E-state index contributed by atoms with van der Waals surface area (Å²) in [6.45, 7) is 0. The molecule has 1 heterocycles. The van der Waals surface area contributed by atoms with Crippen molar-refractivity contribution >= 4 is 17.3 Å². The lowest BCUT2D eigenvalue weighted by Crippen LogP contribution is -2.07. The van der Waals surface area contributed by atoms with E-state index in [0.717, 1.165) is 23.4 Å². The van der Waals surface area contributed by atoms with E-state index in [1.54, 1.807) is 4.68 Å². The topological polar surface area (TPSA) is 61.0 Å². The minimum absolute atomic E-state index is 0.0254. The summed E-state index contributed by atoms with van der Waals surface area (Å²) >= 11 is 5.95. The Morgan fingerprint density at radius 1 is 1.50 bits per heavy atom. The lowest BCUT2D eigenvalue weighted by atomic mass is 10.1. The van der Waals surface area contributed by atoms with Gasteiger partial charge in [-0.05, 0) is 36.1 Å². The van der Waals surface area contributed by atoms with E-state index < -0.39 is 4.92 Å². The zero-order chi connectivity index (χ0) is 12.7. The molecule has 0 saturated heterocycles. The van der Waals surface area contributed by atoms with Crippen molar-refractivity contribution in [1.29, 1.82) is 0 Å². The molecular formula is C12H10ClN3O2. The Morgan fingerprint density at radius 3 is 3.06 bits per heavy atom. The number of hydrogen-bond donors (Lipinski definition) is 0. The number of aryl methyl sites for hydroxylation is 1. The molecule has 1 aliphatic carbocycles. The number of halogens is 1. The van der Waals surface area contributed by atoms with Crippen LogP contribution in [0.1, 0.15) is 23.6 Å². The minimum atomic E-state index is -0.429. The highest BCUT2D eigenvalue weighted by Gasteiger charge is 2.25. The number of aromatic nitrogens is 2. The molecule has 1 aromatic heterocycles. The second-order valence-electron chi connectivity index (χ2n) is 4.33. The quantitative estimate of drug-likeness (QED) is 0.618. The highest BCUT2D eigenvalue weighted by atomic mass is 35.5. The molecule has 1 atom stereocenters. The summed E-state index contributed by atoms with van der Waals surface area (Å²) in [4.78, 5) is 10.2. The molecule has 0 amide bonds. The Bertz CT molecular complexity index is 624. The molecule has 0 saturated carbocycles. The van der Waals surface area contributed by atoms with Gasteiger partial charge in [0.25, 0.3) is 0 Å². The van der Waals surface area contributed by atoms with Crippen LogP contribution in [0.5, 0.6) is 0 Å². The first kappa shape index (κ1) is 11.2. The Morgan fingerprint density at radius 2 is 2.33 bits per heavy atom. The number of nitro groups is 1. The van der Waals surface area contributed by atoms with Crippen LogP contribution in [-0.4, -0.2) is 14.7 Å². The lowest BCUT2D eigenvalue weighted by Gasteiger charge is -2.11. The summed E-state index contributed by atoms with van der Waals surface area (Å²) in [5.41, 5.74) is 2.38. The van der Waals surface area contributed by atoms with Crippen LogP contribution in [0, 0.1) is 10.1 Å². The number of rotatable bonds is 2. The van der Waals surface area contributed by atoms with Gasteiger partial charge in [-0.3, -0.25) is 14.8 Å². The smallest absolute Gasteiger partial charge is 0.258 e. The summed E-state index contributed by atoms with van der Waals surface area (Å²) in [7, 11) is 0. The van der Waals surface area contributed by atoms with E-state index in [2.05, 4.69) is 5.10 Å². The summed E-state index contributed by atoms with van der Waals surface area (Å²) in [6.07, 6.45) is 4.59. The minimum Gasteiger partial charge on any atom is -0.258 e. The van der Waals surface area contributed by atoms with Gasteiger partial charge < -0.3 is 0 Å². The van der Waals surface area contributed by atoms with Crippen LogP contribution in [0.25, 0.3) is 0 Å². The SMILES string of the molecule is O=[N+]([O-])c1cnn(C2CCc3cc(Cl)ccc32)c1. The molecule has 6 heteroatoms. The van der Waals surface area contributed by atoms with Gasteiger partial charge in [-0.25, -0.2) is 0 Å². The average molecular weight is 264 g/mol. The number of benzene rings is 1. The molecular weight excluding hydrogens is 254 g/mol. The van der Waals surface area contributed by atoms with Crippen molar-refractivity contribution in [2.45, 2.75) is 18.9 Å². The van der Waals surface area contributed by atoms with Crippen LogP contribution in [0.15, 0.2) is 30.6 Å². The Kier molecular flexibility index (Phi) is 2.56. The van der Waals surface area contributed by atoms with Gasteiger partial charge in [0.15, 0.2) is 0 Å². The van der Waals surface area contributed by atoms with E-state index in [1.165, 1.54) is 18.0 Å². The molecule has 0 fully saturated rings. The summed E-state index contributed by atoms with van der Waals surface area (Å²) in [6, 6.07) is 5.85. The predicted molar refractivity (Wildman–Crippen MR) is 66.8 cm³/mol. The molecule has 3 rings (SSSR count). The van der Waals surface area contributed by atoms with Gasteiger partial charge in [-0.1, -0.05) is 17.7 Å². The average Bonchev–Trinajstić information content (AvgIpc) is 2.92. The maximum absolute atomic E-state index is 10.7. The van der Waals surface area contributed by atoms with Crippen LogP contribution in [0.3, 0.4) is 0 Å². The maximum atomic E-state index is 10.7. The molecule has 0 spiro atoms. The van der Waals surface area contributed by atoms with Crippen molar-refractivity contribution in [1.82, 2.24) is 9.78 Å². The van der Waals surface area contributed by atoms with E-state index in [1.807, 2.05) is 18.2 Å². The zero-order valence-corrected chi connectivity index (χ0v) is 10.2. The van der Waals surface area contributed by atoms with Gasteiger partial charge in [0.05, 0.1) is 11.0 Å². The van der Waals surface area contributed by atoms with Crippen LogP contribution >= 0.6 is 11.6 Å². The van der Waals surface area contributed by atoms with Gasteiger partial charge in [0, 0.05) is 5.02 Å². The Labute approximate surface area is 108 Å². The fourth-order valence-electron chi connectivity index (χ4n) is 2.43. The maximum Gasteiger partial charge on any atom is 0.307 e. The van der Waals surface area contributed by atoms with Gasteiger partial charge in [-0.15, -0.1) is 0 Å². The Balaban J connectivity index is 1.98. The fourth-order valence-corrected chi connectivity index (χ4v) is 2.63. The summed E-state index contributed by atoms with van der Waals surface area (Å²) in [5.74, 6) is 0. The summed E-state index contributed by atoms with van der Waals surface area (Å²) < 4.78 is 1.66. The van der Waals surface area contributed by atoms with Crippen molar-refractivity contribution in [3.63, 3.8) is 0 Å². The molecule has 0 radical (unpaired) electrons. The number of nitrogens with zero attached hydrogens (tertiary/aromatic N) is 3. The van der Waals surface area contributed by atoms with Crippen molar-refractivity contribution in [3.05, 3.63) is 56.9 Å². The van der Waals surface area contributed by atoms with Gasteiger partial charge in [0.2, 0.25) is 0 Å². The van der Waals surface area contributed by atoms with Crippen LogP contribution in [-0.2, 0) is 6.42 Å². The van der Waals surface area contributed by atoms with Crippen molar-refractivity contribution in [3.8, 4) is 0 Å². The third kappa shape index (κ3) is 1.76. The van der Waals surface area contributed by atoms with E-state index in [-0.39, 0.29) is 11.7 Å².